The number of nitrogens with one attached hydrogen (secondary N) is 1. The first kappa shape index (κ1) is 14.2. The zero-order chi connectivity index (χ0) is 14.4. The van der Waals surface area contributed by atoms with Crippen LogP contribution in [0.5, 0.6) is 5.75 Å². The molecule has 20 heavy (non-hydrogen) atoms. The fourth-order valence-electron chi connectivity index (χ4n) is 2.48. The van der Waals surface area contributed by atoms with Crippen LogP contribution in [0.15, 0.2) is 29.4 Å². The molecule has 6 nitrogen and oxygen atoms in total. The van der Waals surface area contributed by atoms with Gasteiger partial charge in [0.2, 0.25) is 0 Å². The highest BCUT2D eigenvalue weighted by molar-refractivity contribution is 5.94. The molecule has 1 aromatic carbocycles. The number of hydrogen-bond acceptors (Lipinski definition) is 3. The van der Waals surface area contributed by atoms with Crippen LogP contribution < -0.4 is 10.1 Å². The maximum absolute atomic E-state index is 12.2. The summed E-state index contributed by atoms with van der Waals surface area (Å²) in [7, 11) is 1.58. The average molecular weight is 274 g/mol. The van der Waals surface area contributed by atoms with Gasteiger partial charge in [0.1, 0.15) is 5.75 Å². The maximum Gasteiger partial charge on any atom is 0.251 e. The number of methoxy groups -OCH3 is 1. The van der Waals surface area contributed by atoms with Crippen molar-refractivity contribution in [1.82, 2.24) is 5.32 Å². The number of nitrogens with zero attached hydrogens (tertiary/aromatic N) is 3. The normalized spacial score (nSPS) is 21.6. The van der Waals surface area contributed by atoms with E-state index in [1.54, 1.807) is 31.4 Å². The van der Waals surface area contributed by atoms with Crippen LogP contribution in [0, 0.1) is 0 Å². The number of rotatable bonds is 4. The summed E-state index contributed by atoms with van der Waals surface area (Å²) >= 11 is 0. The molecule has 6 heteroatoms. The summed E-state index contributed by atoms with van der Waals surface area (Å²) < 4.78 is 5.06. The number of azide groups is 1. The third-order valence-corrected chi connectivity index (χ3v) is 3.60. The van der Waals surface area contributed by atoms with Gasteiger partial charge >= 0.3 is 0 Å². The van der Waals surface area contributed by atoms with Gasteiger partial charge in [0.15, 0.2) is 0 Å². The minimum absolute atomic E-state index is 0.0748. The SMILES string of the molecule is COc1ccc(C(=O)N[C@H]2CCCC[C@@H]2N=[N+]=[N-])cc1. The third-order valence-electron chi connectivity index (χ3n) is 3.60. The smallest absolute Gasteiger partial charge is 0.251 e. The number of carbonyl (C=O) groups excluding carboxylic acids is 1. The molecule has 0 heterocycles. The molecule has 0 aromatic heterocycles. The Kier molecular flexibility index (Phi) is 4.85. The molecule has 1 aromatic rings. The van der Waals surface area contributed by atoms with Gasteiger partial charge < -0.3 is 10.1 Å². The average Bonchev–Trinajstić information content (AvgIpc) is 2.49. The number of benzene rings is 1. The van der Waals surface area contributed by atoms with E-state index in [4.69, 9.17) is 10.3 Å². The molecule has 1 N–H and O–H groups in total. The van der Waals surface area contributed by atoms with Crippen molar-refractivity contribution in [2.45, 2.75) is 37.8 Å². The second-order valence-corrected chi connectivity index (χ2v) is 4.87. The van der Waals surface area contributed by atoms with Gasteiger partial charge in [0.25, 0.3) is 5.91 Å². The number of hydrogen-bond donors (Lipinski definition) is 1. The largest absolute Gasteiger partial charge is 0.497 e. The Morgan fingerprint density at radius 1 is 1.35 bits per heavy atom. The first-order valence-electron chi connectivity index (χ1n) is 6.73. The van der Waals surface area contributed by atoms with Crippen molar-refractivity contribution >= 4 is 5.91 Å². The van der Waals surface area contributed by atoms with E-state index in [0.717, 1.165) is 25.7 Å². The molecule has 106 valence electrons. The minimum atomic E-state index is -0.143. The molecule has 1 fully saturated rings. The van der Waals surface area contributed by atoms with Crippen molar-refractivity contribution in [3.8, 4) is 5.75 Å². The van der Waals surface area contributed by atoms with Crippen LogP contribution in [0.4, 0.5) is 0 Å². The molecular formula is C14H18N4O2. The van der Waals surface area contributed by atoms with Gasteiger partial charge in [-0.25, -0.2) is 0 Å². The molecule has 0 saturated heterocycles. The summed E-state index contributed by atoms with van der Waals surface area (Å²) in [5, 5.41) is 6.75. The first-order chi connectivity index (χ1) is 9.74. The molecule has 2 atom stereocenters. The lowest BCUT2D eigenvalue weighted by Gasteiger charge is -2.28. The summed E-state index contributed by atoms with van der Waals surface area (Å²) in [6.07, 6.45) is 3.77. The maximum atomic E-state index is 12.2. The number of amides is 1. The molecular weight excluding hydrogens is 256 g/mol. The monoisotopic (exact) mass is 274 g/mol. The standard InChI is InChI=1S/C14H18N4O2/c1-20-11-8-6-10(7-9-11)14(19)16-12-4-2-3-5-13(12)17-18-15/h6-9,12-13H,2-5H2,1H3,(H,16,19)/t12-,13-/m0/s1. The van der Waals surface area contributed by atoms with Gasteiger partial charge in [-0.2, -0.15) is 0 Å². The highest BCUT2D eigenvalue weighted by Gasteiger charge is 2.25. The van der Waals surface area contributed by atoms with E-state index < -0.39 is 0 Å². The van der Waals surface area contributed by atoms with E-state index in [1.807, 2.05) is 0 Å². The molecule has 1 amide bonds. The Hall–Kier alpha value is -2.20. The van der Waals surface area contributed by atoms with Crippen molar-refractivity contribution < 1.29 is 9.53 Å². The summed E-state index contributed by atoms with van der Waals surface area (Å²) in [6, 6.07) is 6.73. The van der Waals surface area contributed by atoms with E-state index in [-0.39, 0.29) is 18.0 Å². The van der Waals surface area contributed by atoms with Gasteiger partial charge in [-0.15, -0.1) is 0 Å². The molecule has 0 radical (unpaired) electrons. The van der Waals surface area contributed by atoms with E-state index in [9.17, 15) is 4.79 Å². The highest BCUT2D eigenvalue weighted by Crippen LogP contribution is 2.22. The van der Waals surface area contributed by atoms with Gasteiger partial charge in [-0.1, -0.05) is 18.0 Å². The Balaban J connectivity index is 2.03. The lowest BCUT2D eigenvalue weighted by molar-refractivity contribution is 0.0921. The second-order valence-electron chi connectivity index (χ2n) is 4.87. The Morgan fingerprint density at radius 3 is 2.70 bits per heavy atom. The summed E-state index contributed by atoms with van der Waals surface area (Å²) in [4.78, 5) is 15.0. The number of carbonyl (C=O) groups is 1. The molecule has 0 unspecified atom stereocenters. The summed E-state index contributed by atoms with van der Waals surface area (Å²) in [5.74, 6) is 0.573. The zero-order valence-corrected chi connectivity index (χ0v) is 11.5. The second kappa shape index (κ2) is 6.82. The van der Waals surface area contributed by atoms with Gasteiger partial charge in [0.05, 0.1) is 13.2 Å². The van der Waals surface area contributed by atoms with Gasteiger partial charge in [-0.05, 0) is 42.6 Å². The van der Waals surface area contributed by atoms with Crippen LogP contribution in [0.1, 0.15) is 36.0 Å². The molecule has 1 aliphatic carbocycles. The van der Waals surface area contributed by atoms with Crippen molar-refractivity contribution in [1.29, 1.82) is 0 Å². The van der Waals surface area contributed by atoms with E-state index in [0.29, 0.717) is 11.3 Å². The Labute approximate surface area is 117 Å². The number of ether oxygens (including phenoxy) is 1. The lowest BCUT2D eigenvalue weighted by atomic mass is 9.90. The van der Waals surface area contributed by atoms with Crippen molar-refractivity contribution in [2.75, 3.05) is 7.11 Å². The Bertz CT molecular complexity index is 508. The van der Waals surface area contributed by atoms with Crippen LogP contribution in [-0.4, -0.2) is 25.1 Å². The molecule has 2 rings (SSSR count). The van der Waals surface area contributed by atoms with Crippen LogP contribution in [0.25, 0.3) is 10.4 Å². The first-order valence-corrected chi connectivity index (χ1v) is 6.73. The van der Waals surface area contributed by atoms with Crippen molar-refractivity contribution in [3.63, 3.8) is 0 Å². The fourth-order valence-corrected chi connectivity index (χ4v) is 2.48. The predicted octanol–water partition coefficient (Wildman–Crippen LogP) is 3.05. The molecule has 0 bridgehead atoms. The topological polar surface area (TPSA) is 87.1 Å². The van der Waals surface area contributed by atoms with Gasteiger partial charge in [-0.3, -0.25) is 4.79 Å². The summed E-state index contributed by atoms with van der Waals surface area (Å²) in [5.41, 5.74) is 9.16. The van der Waals surface area contributed by atoms with E-state index in [2.05, 4.69) is 15.3 Å². The van der Waals surface area contributed by atoms with Crippen LogP contribution in [0.3, 0.4) is 0 Å². The van der Waals surface area contributed by atoms with E-state index in [1.165, 1.54) is 0 Å². The third kappa shape index (κ3) is 3.42. The Morgan fingerprint density at radius 2 is 2.05 bits per heavy atom. The van der Waals surface area contributed by atoms with Crippen molar-refractivity contribution in [3.05, 3.63) is 40.3 Å². The van der Waals surface area contributed by atoms with Crippen LogP contribution >= 0.6 is 0 Å². The fraction of sp³-hybridized carbons (Fsp3) is 0.500. The molecule has 1 aliphatic rings. The lowest BCUT2D eigenvalue weighted by Crippen LogP contribution is -2.44. The minimum Gasteiger partial charge on any atom is -0.497 e. The molecule has 0 aliphatic heterocycles. The molecule has 0 spiro atoms. The predicted molar refractivity (Wildman–Crippen MR) is 75.7 cm³/mol. The van der Waals surface area contributed by atoms with E-state index >= 15 is 0 Å². The van der Waals surface area contributed by atoms with Gasteiger partial charge in [0, 0.05) is 16.5 Å². The van der Waals surface area contributed by atoms with Crippen LogP contribution in [0.2, 0.25) is 0 Å². The highest BCUT2D eigenvalue weighted by atomic mass is 16.5. The van der Waals surface area contributed by atoms with Crippen molar-refractivity contribution in [2.24, 2.45) is 5.11 Å². The quantitative estimate of drug-likeness (QED) is 0.519. The molecule has 1 saturated carbocycles. The summed E-state index contributed by atoms with van der Waals surface area (Å²) in [6.45, 7) is 0. The zero-order valence-electron chi connectivity index (χ0n) is 11.5. The van der Waals surface area contributed by atoms with Crippen LogP contribution in [-0.2, 0) is 0 Å².